The molecule has 1 atom stereocenters. The molecule has 0 N–H and O–H groups in total. The van der Waals surface area contributed by atoms with Crippen molar-refractivity contribution in [2.24, 2.45) is 0 Å². The molecule has 4 rings (SSSR count). The lowest BCUT2D eigenvalue weighted by Crippen LogP contribution is -2.39. The Morgan fingerprint density at radius 2 is 1.90 bits per heavy atom. The van der Waals surface area contributed by atoms with E-state index in [9.17, 15) is 4.79 Å². The number of ether oxygens (including phenoxy) is 1. The summed E-state index contributed by atoms with van der Waals surface area (Å²) < 4.78 is 5.28. The third-order valence-electron chi connectivity index (χ3n) is 5.73. The number of hydrogen-bond acceptors (Lipinski definition) is 3. The van der Waals surface area contributed by atoms with Gasteiger partial charge in [0.25, 0.3) is 5.91 Å². The van der Waals surface area contributed by atoms with Gasteiger partial charge < -0.3 is 9.64 Å². The first-order valence-electron chi connectivity index (χ1n) is 10.6. The number of benzene rings is 2. The Balaban J connectivity index is 1.52. The summed E-state index contributed by atoms with van der Waals surface area (Å²) in [5, 5.41) is 0. The number of rotatable bonds is 5. The van der Waals surface area contributed by atoms with Gasteiger partial charge in [-0.15, -0.1) is 0 Å². The van der Waals surface area contributed by atoms with Crippen LogP contribution in [0.1, 0.15) is 51.6 Å². The first-order valence-corrected chi connectivity index (χ1v) is 10.6. The fourth-order valence-corrected chi connectivity index (χ4v) is 4.25. The number of hydrogen-bond donors (Lipinski definition) is 0. The van der Waals surface area contributed by atoms with Gasteiger partial charge in [0.15, 0.2) is 0 Å². The Labute approximate surface area is 178 Å². The summed E-state index contributed by atoms with van der Waals surface area (Å²) in [4.78, 5) is 19.9. The lowest BCUT2D eigenvalue weighted by molar-refractivity contribution is 0.0705. The van der Waals surface area contributed by atoms with Gasteiger partial charge in [0, 0.05) is 36.0 Å². The summed E-state index contributed by atoms with van der Waals surface area (Å²) in [5.74, 6) is 1.04. The maximum Gasteiger partial charge on any atom is 0.254 e. The van der Waals surface area contributed by atoms with Gasteiger partial charge in [0.05, 0.1) is 7.11 Å². The highest BCUT2D eigenvalue weighted by atomic mass is 16.5. The van der Waals surface area contributed by atoms with Gasteiger partial charge in [-0.2, -0.15) is 0 Å². The molecule has 0 spiro atoms. The first-order chi connectivity index (χ1) is 14.6. The van der Waals surface area contributed by atoms with Gasteiger partial charge in [-0.3, -0.25) is 9.78 Å². The highest BCUT2D eigenvalue weighted by Gasteiger charge is 2.27. The zero-order valence-corrected chi connectivity index (χ0v) is 17.7. The number of likely N-dealkylation sites (tertiary alicyclic amines) is 1. The third kappa shape index (κ3) is 4.70. The molecule has 1 unspecified atom stereocenters. The normalized spacial score (nSPS) is 16.3. The Morgan fingerprint density at radius 1 is 1.07 bits per heavy atom. The SMILES string of the molecule is COc1cccc(C(=O)N2CCCC(c3cc(Cc4ccccc4)cc(C)n3)C2)c1. The van der Waals surface area contributed by atoms with E-state index in [0.29, 0.717) is 17.9 Å². The highest BCUT2D eigenvalue weighted by molar-refractivity contribution is 5.94. The van der Waals surface area contributed by atoms with E-state index in [1.165, 1.54) is 11.1 Å². The maximum absolute atomic E-state index is 13.1. The van der Waals surface area contributed by atoms with Crippen molar-refractivity contribution in [2.75, 3.05) is 20.2 Å². The summed E-state index contributed by atoms with van der Waals surface area (Å²) in [6.07, 6.45) is 2.95. The van der Waals surface area contributed by atoms with Crippen LogP contribution in [0.3, 0.4) is 0 Å². The van der Waals surface area contributed by atoms with Crippen molar-refractivity contribution >= 4 is 5.91 Å². The molecule has 0 saturated carbocycles. The number of aromatic nitrogens is 1. The van der Waals surface area contributed by atoms with E-state index in [0.717, 1.165) is 37.2 Å². The average Bonchev–Trinajstić information content (AvgIpc) is 2.79. The molecule has 154 valence electrons. The number of nitrogens with zero attached hydrogens (tertiary/aromatic N) is 2. The van der Waals surface area contributed by atoms with E-state index in [1.807, 2.05) is 35.2 Å². The van der Waals surface area contributed by atoms with Crippen molar-refractivity contribution in [1.29, 1.82) is 0 Å². The predicted octanol–water partition coefficient (Wildman–Crippen LogP) is 5.01. The van der Waals surface area contributed by atoms with E-state index in [-0.39, 0.29) is 11.8 Å². The average molecular weight is 401 g/mol. The van der Waals surface area contributed by atoms with Crippen LogP contribution in [0.5, 0.6) is 5.75 Å². The molecule has 1 fully saturated rings. The monoisotopic (exact) mass is 400 g/mol. The van der Waals surface area contributed by atoms with Crippen LogP contribution < -0.4 is 4.74 Å². The fourth-order valence-electron chi connectivity index (χ4n) is 4.25. The van der Waals surface area contributed by atoms with Crippen LogP contribution in [-0.2, 0) is 6.42 Å². The highest BCUT2D eigenvalue weighted by Crippen LogP contribution is 2.28. The van der Waals surface area contributed by atoms with Gasteiger partial charge in [-0.05, 0) is 67.6 Å². The molecule has 0 aliphatic carbocycles. The molecule has 4 nitrogen and oxygen atoms in total. The number of pyridine rings is 1. The quantitative estimate of drug-likeness (QED) is 0.605. The van der Waals surface area contributed by atoms with Crippen LogP contribution in [0.25, 0.3) is 0 Å². The molecule has 0 bridgehead atoms. The minimum Gasteiger partial charge on any atom is -0.497 e. The molecule has 1 amide bonds. The molecule has 2 heterocycles. The van der Waals surface area contributed by atoms with Gasteiger partial charge in [-0.1, -0.05) is 36.4 Å². The second kappa shape index (κ2) is 9.12. The Bertz CT molecular complexity index is 1020. The second-order valence-electron chi connectivity index (χ2n) is 8.03. The van der Waals surface area contributed by atoms with E-state index >= 15 is 0 Å². The minimum absolute atomic E-state index is 0.0655. The molecular weight excluding hydrogens is 372 g/mol. The number of amides is 1. The first kappa shape index (κ1) is 20.1. The van der Waals surface area contributed by atoms with Crippen molar-refractivity contribution in [1.82, 2.24) is 9.88 Å². The number of piperidine rings is 1. The van der Waals surface area contributed by atoms with Crippen molar-refractivity contribution in [2.45, 2.75) is 32.1 Å². The zero-order valence-electron chi connectivity index (χ0n) is 17.7. The van der Waals surface area contributed by atoms with Crippen LogP contribution in [0, 0.1) is 6.92 Å². The molecule has 1 aliphatic heterocycles. The van der Waals surface area contributed by atoms with Crippen molar-refractivity contribution in [3.63, 3.8) is 0 Å². The van der Waals surface area contributed by atoms with Crippen LogP contribution in [0.15, 0.2) is 66.7 Å². The lowest BCUT2D eigenvalue weighted by atomic mass is 9.92. The van der Waals surface area contributed by atoms with Crippen molar-refractivity contribution in [3.8, 4) is 5.75 Å². The predicted molar refractivity (Wildman–Crippen MR) is 119 cm³/mol. The van der Waals surface area contributed by atoms with E-state index in [1.54, 1.807) is 7.11 Å². The molecule has 1 saturated heterocycles. The molecule has 4 heteroatoms. The summed E-state index contributed by atoms with van der Waals surface area (Å²) in [7, 11) is 1.62. The largest absolute Gasteiger partial charge is 0.497 e. The summed E-state index contributed by atoms with van der Waals surface area (Å²) in [6, 6.07) is 22.3. The summed E-state index contributed by atoms with van der Waals surface area (Å²) in [6.45, 7) is 3.55. The van der Waals surface area contributed by atoms with Gasteiger partial charge in [0.1, 0.15) is 5.75 Å². The molecule has 30 heavy (non-hydrogen) atoms. The Hall–Kier alpha value is -3.14. The van der Waals surface area contributed by atoms with E-state index in [2.05, 4.69) is 43.3 Å². The molecule has 2 aromatic carbocycles. The fraction of sp³-hybridized carbons (Fsp3) is 0.308. The molecule has 1 aliphatic rings. The number of carbonyl (C=O) groups excluding carboxylic acids is 1. The molecular formula is C26H28N2O2. The zero-order chi connectivity index (χ0) is 20.9. The topological polar surface area (TPSA) is 42.4 Å². The molecule has 0 radical (unpaired) electrons. The summed E-state index contributed by atoms with van der Waals surface area (Å²) in [5.41, 5.74) is 5.39. The number of methoxy groups -OCH3 is 1. The Morgan fingerprint density at radius 3 is 2.70 bits per heavy atom. The van der Waals surface area contributed by atoms with E-state index < -0.39 is 0 Å². The molecule has 1 aromatic heterocycles. The van der Waals surface area contributed by atoms with Gasteiger partial charge in [0.2, 0.25) is 0 Å². The maximum atomic E-state index is 13.1. The van der Waals surface area contributed by atoms with Crippen LogP contribution in [0.2, 0.25) is 0 Å². The smallest absolute Gasteiger partial charge is 0.254 e. The van der Waals surface area contributed by atoms with Gasteiger partial charge >= 0.3 is 0 Å². The standard InChI is InChI=1S/C26H28N2O2/c1-19-14-21(15-20-8-4-3-5-9-20)16-25(27-19)23-11-7-13-28(18-23)26(29)22-10-6-12-24(17-22)30-2/h3-6,8-10,12,14,16-17,23H,7,11,13,15,18H2,1-2H3. The molecule has 3 aromatic rings. The number of carbonyl (C=O) groups is 1. The Kier molecular flexibility index (Phi) is 6.12. The van der Waals surface area contributed by atoms with Crippen molar-refractivity contribution in [3.05, 3.63) is 94.8 Å². The summed E-state index contributed by atoms with van der Waals surface area (Å²) >= 11 is 0. The van der Waals surface area contributed by atoms with E-state index in [4.69, 9.17) is 9.72 Å². The van der Waals surface area contributed by atoms with Crippen LogP contribution in [-0.4, -0.2) is 36.0 Å². The second-order valence-corrected chi connectivity index (χ2v) is 8.03. The lowest BCUT2D eigenvalue weighted by Gasteiger charge is -2.33. The van der Waals surface area contributed by atoms with Crippen LogP contribution in [0.4, 0.5) is 0 Å². The van der Waals surface area contributed by atoms with Gasteiger partial charge in [-0.25, -0.2) is 0 Å². The third-order valence-corrected chi connectivity index (χ3v) is 5.73. The number of aryl methyl sites for hydroxylation is 1. The van der Waals surface area contributed by atoms with Crippen molar-refractivity contribution < 1.29 is 9.53 Å². The minimum atomic E-state index is 0.0655. The van der Waals surface area contributed by atoms with Crippen LogP contribution >= 0.6 is 0 Å².